The molecule has 0 spiro atoms. The van der Waals surface area contributed by atoms with Crippen LogP contribution < -0.4 is 10.1 Å². The number of carbonyl (C=O) groups excluding carboxylic acids is 2. The maximum atomic E-state index is 13.1. The molecule has 0 aromatic heterocycles. The topological polar surface area (TPSA) is 58.6 Å². The maximum Gasteiger partial charge on any atom is 0.261 e. The Bertz CT molecular complexity index is 838. The lowest BCUT2D eigenvalue weighted by Crippen LogP contribution is -2.51. The smallest absolute Gasteiger partial charge is 0.261 e. The fourth-order valence-corrected chi connectivity index (χ4v) is 3.27. The molecule has 2 aromatic rings. The van der Waals surface area contributed by atoms with Crippen LogP contribution in [0.5, 0.6) is 5.75 Å². The van der Waals surface area contributed by atoms with Crippen molar-refractivity contribution in [2.24, 2.45) is 0 Å². The van der Waals surface area contributed by atoms with Crippen LogP contribution >= 0.6 is 11.6 Å². The van der Waals surface area contributed by atoms with E-state index >= 15 is 0 Å². The van der Waals surface area contributed by atoms with Crippen molar-refractivity contribution in [2.45, 2.75) is 52.7 Å². The van der Waals surface area contributed by atoms with E-state index in [-0.39, 0.29) is 24.5 Å². The van der Waals surface area contributed by atoms with Gasteiger partial charge in [0.25, 0.3) is 5.91 Å². The lowest BCUT2D eigenvalue weighted by Gasteiger charge is -2.31. The number of ether oxygens (including phenoxy) is 1. The molecule has 0 aliphatic carbocycles. The average Bonchev–Trinajstić information content (AvgIpc) is 2.65. The van der Waals surface area contributed by atoms with Crippen molar-refractivity contribution in [1.29, 1.82) is 0 Å². The van der Waals surface area contributed by atoms with E-state index in [4.69, 9.17) is 16.3 Å². The summed E-state index contributed by atoms with van der Waals surface area (Å²) in [4.78, 5) is 27.4. The molecule has 0 saturated heterocycles. The van der Waals surface area contributed by atoms with E-state index in [0.717, 1.165) is 11.1 Å². The van der Waals surface area contributed by atoms with Gasteiger partial charge in [0.05, 0.1) is 0 Å². The second-order valence-electron chi connectivity index (χ2n) is 7.34. The highest BCUT2D eigenvalue weighted by Gasteiger charge is 2.29. The summed E-state index contributed by atoms with van der Waals surface area (Å²) in [5, 5.41) is 3.45. The average molecular weight is 417 g/mol. The molecule has 0 saturated carbocycles. The predicted molar refractivity (Wildman–Crippen MR) is 116 cm³/mol. The van der Waals surface area contributed by atoms with Crippen LogP contribution in [-0.2, 0) is 16.1 Å². The molecule has 0 fully saturated rings. The van der Waals surface area contributed by atoms with E-state index in [1.54, 1.807) is 29.2 Å². The number of rotatable bonds is 9. The Balaban J connectivity index is 2.21. The zero-order valence-electron chi connectivity index (χ0n) is 17.4. The minimum Gasteiger partial charge on any atom is -0.484 e. The van der Waals surface area contributed by atoms with Crippen molar-refractivity contribution in [3.8, 4) is 5.75 Å². The number of aryl methyl sites for hydroxylation is 1. The minimum atomic E-state index is -0.576. The van der Waals surface area contributed by atoms with Crippen LogP contribution in [0, 0.1) is 6.92 Å². The Morgan fingerprint density at radius 2 is 1.86 bits per heavy atom. The predicted octanol–water partition coefficient (Wildman–Crippen LogP) is 4.36. The largest absolute Gasteiger partial charge is 0.484 e. The molecule has 0 bridgehead atoms. The molecule has 1 unspecified atom stereocenters. The monoisotopic (exact) mass is 416 g/mol. The zero-order chi connectivity index (χ0) is 21.4. The normalized spacial score (nSPS) is 11.8. The fourth-order valence-electron chi connectivity index (χ4n) is 3.09. The van der Waals surface area contributed by atoms with Crippen LogP contribution in [0.15, 0.2) is 48.5 Å². The molecule has 2 rings (SSSR count). The van der Waals surface area contributed by atoms with Crippen LogP contribution in [0.1, 0.15) is 38.3 Å². The molecule has 0 radical (unpaired) electrons. The summed E-state index contributed by atoms with van der Waals surface area (Å²) in [5.74, 6) is 0.101. The molecule has 1 atom stereocenters. The number of nitrogens with one attached hydrogen (secondary N) is 1. The minimum absolute atomic E-state index is 0.00446. The third-order valence-electron chi connectivity index (χ3n) is 4.41. The molecule has 1 N–H and O–H groups in total. The summed E-state index contributed by atoms with van der Waals surface area (Å²) in [5.41, 5.74) is 2.07. The van der Waals surface area contributed by atoms with Crippen LogP contribution in [0.25, 0.3) is 0 Å². The molecule has 5 nitrogen and oxygen atoms in total. The molecule has 29 heavy (non-hydrogen) atoms. The van der Waals surface area contributed by atoms with E-state index in [1.165, 1.54) is 0 Å². The SMILES string of the molecule is CCC(C(=O)NC(C)C)N(Cc1cccc(C)c1)C(=O)COc1cccc(Cl)c1. The van der Waals surface area contributed by atoms with Crippen molar-refractivity contribution in [3.63, 3.8) is 0 Å². The molecular formula is C23H29ClN2O3. The number of hydrogen-bond donors (Lipinski definition) is 1. The van der Waals surface area contributed by atoms with Crippen LogP contribution in [0.3, 0.4) is 0 Å². The van der Waals surface area contributed by atoms with E-state index < -0.39 is 6.04 Å². The van der Waals surface area contributed by atoms with Crippen molar-refractivity contribution in [1.82, 2.24) is 10.2 Å². The molecule has 156 valence electrons. The van der Waals surface area contributed by atoms with Gasteiger partial charge in [-0.05, 0) is 51.0 Å². The molecule has 2 aromatic carbocycles. The van der Waals surface area contributed by atoms with Gasteiger partial charge in [-0.2, -0.15) is 0 Å². The number of amides is 2. The van der Waals surface area contributed by atoms with Crippen LogP contribution in [0.2, 0.25) is 5.02 Å². The first kappa shape index (κ1) is 22.8. The highest BCUT2D eigenvalue weighted by Crippen LogP contribution is 2.18. The van der Waals surface area contributed by atoms with Gasteiger partial charge in [0.2, 0.25) is 5.91 Å². The second-order valence-corrected chi connectivity index (χ2v) is 7.78. The molecule has 2 amide bonds. The Morgan fingerprint density at radius 1 is 1.14 bits per heavy atom. The molecular weight excluding hydrogens is 388 g/mol. The Kier molecular flexibility index (Phi) is 8.52. The quantitative estimate of drug-likeness (QED) is 0.660. The second kappa shape index (κ2) is 10.9. The number of benzene rings is 2. The van der Waals surface area contributed by atoms with E-state index in [9.17, 15) is 9.59 Å². The van der Waals surface area contributed by atoms with Crippen molar-refractivity contribution in [3.05, 3.63) is 64.7 Å². The lowest BCUT2D eigenvalue weighted by molar-refractivity contribution is -0.143. The van der Waals surface area contributed by atoms with Crippen molar-refractivity contribution < 1.29 is 14.3 Å². The van der Waals surface area contributed by atoms with Gasteiger partial charge >= 0.3 is 0 Å². The van der Waals surface area contributed by atoms with Gasteiger partial charge in [-0.25, -0.2) is 0 Å². The Hall–Kier alpha value is -2.53. The zero-order valence-corrected chi connectivity index (χ0v) is 18.2. The van der Waals surface area contributed by atoms with Gasteiger partial charge in [0.1, 0.15) is 11.8 Å². The van der Waals surface area contributed by atoms with Crippen LogP contribution in [-0.4, -0.2) is 35.4 Å². The van der Waals surface area contributed by atoms with E-state index in [2.05, 4.69) is 5.32 Å². The summed E-state index contributed by atoms with van der Waals surface area (Å²) < 4.78 is 5.64. The molecule has 0 aliphatic heterocycles. The first-order chi connectivity index (χ1) is 13.8. The lowest BCUT2D eigenvalue weighted by atomic mass is 10.1. The highest BCUT2D eigenvalue weighted by atomic mass is 35.5. The number of halogens is 1. The number of hydrogen-bond acceptors (Lipinski definition) is 3. The summed E-state index contributed by atoms with van der Waals surface area (Å²) in [6.45, 7) is 7.87. The Morgan fingerprint density at radius 3 is 2.48 bits per heavy atom. The van der Waals surface area contributed by atoms with E-state index in [1.807, 2.05) is 52.0 Å². The first-order valence-electron chi connectivity index (χ1n) is 9.84. The van der Waals surface area contributed by atoms with Gasteiger partial charge in [-0.3, -0.25) is 9.59 Å². The van der Waals surface area contributed by atoms with Crippen molar-refractivity contribution in [2.75, 3.05) is 6.61 Å². The molecule has 0 aliphatic rings. The van der Waals surface area contributed by atoms with E-state index in [0.29, 0.717) is 23.7 Å². The number of nitrogens with zero attached hydrogens (tertiary/aromatic N) is 1. The third kappa shape index (κ3) is 7.09. The Labute approximate surface area is 178 Å². The van der Waals surface area contributed by atoms with Gasteiger partial charge in [-0.1, -0.05) is 54.4 Å². The maximum absolute atomic E-state index is 13.1. The summed E-state index contributed by atoms with van der Waals surface area (Å²) in [6, 6.07) is 14.2. The summed E-state index contributed by atoms with van der Waals surface area (Å²) in [7, 11) is 0. The standard InChI is InChI=1S/C23H29ClN2O3/c1-5-21(23(28)25-16(2)3)26(14-18-9-6-8-17(4)12-18)22(27)15-29-20-11-7-10-19(24)13-20/h6-13,16,21H,5,14-15H2,1-4H3,(H,25,28). The highest BCUT2D eigenvalue weighted by molar-refractivity contribution is 6.30. The van der Waals surface area contributed by atoms with Gasteiger partial charge < -0.3 is 15.0 Å². The van der Waals surface area contributed by atoms with Crippen molar-refractivity contribution >= 4 is 23.4 Å². The third-order valence-corrected chi connectivity index (χ3v) is 4.65. The van der Waals surface area contributed by atoms with Gasteiger partial charge in [0.15, 0.2) is 6.61 Å². The fraction of sp³-hybridized carbons (Fsp3) is 0.391. The van der Waals surface area contributed by atoms with Gasteiger partial charge in [0, 0.05) is 17.6 Å². The van der Waals surface area contributed by atoms with Gasteiger partial charge in [-0.15, -0.1) is 0 Å². The van der Waals surface area contributed by atoms with Crippen LogP contribution in [0.4, 0.5) is 0 Å². The number of carbonyl (C=O) groups is 2. The first-order valence-corrected chi connectivity index (χ1v) is 10.2. The molecule has 6 heteroatoms. The summed E-state index contributed by atoms with van der Waals surface area (Å²) in [6.07, 6.45) is 0.507. The molecule has 0 heterocycles. The summed E-state index contributed by atoms with van der Waals surface area (Å²) >= 11 is 5.98.